The smallest absolute Gasteiger partial charge is 0.281 e. The summed E-state index contributed by atoms with van der Waals surface area (Å²) in [5.74, 6) is 0.0760. The minimum Gasteiger partial charge on any atom is -0.497 e. The van der Waals surface area contributed by atoms with Crippen LogP contribution in [0.1, 0.15) is 27.0 Å². The lowest BCUT2D eigenvalue weighted by atomic mass is 10.1. The highest BCUT2D eigenvalue weighted by Crippen LogP contribution is 2.31. The predicted octanol–water partition coefficient (Wildman–Crippen LogP) is 5.74. The number of halogens is 1. The van der Waals surface area contributed by atoms with Crippen LogP contribution in [-0.4, -0.2) is 24.2 Å². The van der Waals surface area contributed by atoms with Crippen LogP contribution >= 0.6 is 11.3 Å². The average Bonchev–Trinajstić information content (AvgIpc) is 3.17. The van der Waals surface area contributed by atoms with E-state index in [0.29, 0.717) is 20.9 Å². The Kier molecular flexibility index (Phi) is 5.77. The van der Waals surface area contributed by atoms with Gasteiger partial charge in [0, 0.05) is 5.56 Å². The summed E-state index contributed by atoms with van der Waals surface area (Å²) in [7, 11) is 1.60. The maximum atomic E-state index is 13.7. The number of fused-ring (bicyclic) bond motifs is 1. The first-order chi connectivity index (χ1) is 14.9. The van der Waals surface area contributed by atoms with Gasteiger partial charge in [-0.25, -0.2) is 9.37 Å². The summed E-state index contributed by atoms with van der Waals surface area (Å²) in [5, 5.41) is 6.09. The van der Waals surface area contributed by atoms with Gasteiger partial charge in [0.15, 0.2) is 0 Å². The first-order valence-electron chi connectivity index (χ1n) is 9.60. The van der Waals surface area contributed by atoms with E-state index in [1.54, 1.807) is 25.5 Å². The van der Waals surface area contributed by atoms with Crippen molar-refractivity contribution in [3.63, 3.8) is 0 Å². The Balaban J connectivity index is 1.76. The second-order valence-electron chi connectivity index (χ2n) is 7.06. The van der Waals surface area contributed by atoms with E-state index in [-0.39, 0.29) is 11.7 Å². The monoisotopic (exact) mass is 433 g/mol. The maximum Gasteiger partial charge on any atom is 0.281 e. The number of aryl methyl sites for hydroxylation is 2. The molecule has 0 bridgehead atoms. The summed E-state index contributed by atoms with van der Waals surface area (Å²) in [5.41, 5.74) is 3.85. The van der Waals surface area contributed by atoms with Gasteiger partial charge in [-0.1, -0.05) is 29.0 Å². The third kappa shape index (κ3) is 4.46. The third-order valence-electron chi connectivity index (χ3n) is 4.76. The maximum absolute atomic E-state index is 13.7. The van der Waals surface area contributed by atoms with Crippen LogP contribution in [0.3, 0.4) is 0 Å². The van der Waals surface area contributed by atoms with Gasteiger partial charge in [-0.3, -0.25) is 4.79 Å². The molecule has 1 aromatic heterocycles. The van der Waals surface area contributed by atoms with Crippen LogP contribution in [0.5, 0.6) is 5.75 Å². The second-order valence-corrected chi connectivity index (χ2v) is 8.07. The Morgan fingerprint density at radius 1 is 1.10 bits per heavy atom. The molecule has 0 radical (unpaired) electrons. The van der Waals surface area contributed by atoms with E-state index in [0.717, 1.165) is 22.4 Å². The number of methoxy groups -OCH3 is 1. The van der Waals surface area contributed by atoms with E-state index in [9.17, 15) is 9.18 Å². The largest absolute Gasteiger partial charge is 0.497 e. The Labute approximate surface area is 183 Å². The van der Waals surface area contributed by atoms with Crippen molar-refractivity contribution in [2.24, 2.45) is 5.10 Å². The lowest BCUT2D eigenvalue weighted by molar-refractivity contribution is 0.0987. The zero-order valence-electron chi connectivity index (χ0n) is 17.3. The van der Waals surface area contributed by atoms with Gasteiger partial charge >= 0.3 is 0 Å². The van der Waals surface area contributed by atoms with Gasteiger partial charge in [-0.15, -0.1) is 0 Å². The fraction of sp³-hybridized carbons (Fsp3) is 0.125. The normalized spacial score (nSPS) is 11.2. The standard InChI is InChI=1S/C24H20FN3O2S/c1-15-4-10-20(16(2)12-15)23(29)28(26-14-17-5-8-19(30-3)9-6-17)24-27-21-11-7-18(25)13-22(21)31-24/h4-14H,1-3H3/b26-14+. The Bertz CT molecular complexity index is 1280. The zero-order valence-corrected chi connectivity index (χ0v) is 18.1. The number of hydrogen-bond donors (Lipinski definition) is 0. The van der Waals surface area contributed by atoms with E-state index in [4.69, 9.17) is 4.74 Å². The fourth-order valence-electron chi connectivity index (χ4n) is 3.15. The molecule has 0 fully saturated rings. The van der Waals surface area contributed by atoms with E-state index in [1.165, 1.54) is 28.5 Å². The van der Waals surface area contributed by atoms with Crippen LogP contribution in [0.15, 0.2) is 65.8 Å². The van der Waals surface area contributed by atoms with Gasteiger partial charge in [0.25, 0.3) is 5.91 Å². The van der Waals surface area contributed by atoms with Gasteiger partial charge < -0.3 is 4.74 Å². The lowest BCUT2D eigenvalue weighted by Crippen LogP contribution is -2.26. The van der Waals surface area contributed by atoms with Crippen LogP contribution in [0.4, 0.5) is 9.52 Å². The van der Waals surface area contributed by atoms with Crippen LogP contribution < -0.4 is 9.75 Å². The van der Waals surface area contributed by atoms with Gasteiger partial charge in [-0.2, -0.15) is 10.1 Å². The van der Waals surface area contributed by atoms with Gasteiger partial charge in [0.1, 0.15) is 11.6 Å². The minimum atomic E-state index is -0.350. The summed E-state index contributed by atoms with van der Waals surface area (Å²) < 4.78 is 19.5. The highest BCUT2D eigenvalue weighted by molar-refractivity contribution is 7.22. The molecule has 5 nitrogen and oxygen atoms in total. The highest BCUT2D eigenvalue weighted by Gasteiger charge is 2.22. The van der Waals surface area contributed by atoms with Crippen molar-refractivity contribution in [3.8, 4) is 5.75 Å². The number of aromatic nitrogens is 1. The molecule has 7 heteroatoms. The number of ether oxygens (including phenoxy) is 1. The Hall–Kier alpha value is -3.58. The molecule has 0 aliphatic rings. The molecule has 31 heavy (non-hydrogen) atoms. The first kappa shape index (κ1) is 20.7. The Morgan fingerprint density at radius 2 is 1.87 bits per heavy atom. The first-order valence-corrected chi connectivity index (χ1v) is 10.4. The van der Waals surface area contributed by atoms with E-state index in [2.05, 4.69) is 10.1 Å². The molecule has 0 saturated carbocycles. The van der Waals surface area contributed by atoms with Crippen molar-refractivity contribution >= 4 is 38.8 Å². The van der Waals surface area contributed by atoms with Crippen molar-refractivity contribution in [1.82, 2.24) is 4.98 Å². The number of hydrogen-bond acceptors (Lipinski definition) is 5. The molecular formula is C24H20FN3O2S. The molecule has 1 heterocycles. The second kappa shape index (κ2) is 8.65. The number of nitrogens with zero attached hydrogens (tertiary/aromatic N) is 3. The van der Waals surface area contributed by atoms with Crippen LogP contribution in [0.25, 0.3) is 10.2 Å². The minimum absolute atomic E-state index is 0.304. The van der Waals surface area contributed by atoms with Crippen LogP contribution in [0.2, 0.25) is 0 Å². The van der Waals surface area contributed by atoms with Crippen molar-refractivity contribution in [2.45, 2.75) is 13.8 Å². The number of hydrazone groups is 1. The van der Waals surface area contributed by atoms with Crippen LogP contribution in [0, 0.1) is 19.7 Å². The molecule has 0 spiro atoms. The summed E-state index contributed by atoms with van der Waals surface area (Å²) in [6.45, 7) is 3.86. The van der Waals surface area contributed by atoms with Gasteiger partial charge in [-0.05, 0) is 73.5 Å². The molecule has 1 amide bonds. The SMILES string of the molecule is COc1ccc(/C=N/N(C(=O)c2ccc(C)cc2C)c2nc3ccc(F)cc3s2)cc1. The number of carbonyl (C=O) groups excluding carboxylic acids is 1. The van der Waals surface area contributed by atoms with Crippen molar-refractivity contribution in [2.75, 3.05) is 12.1 Å². The number of benzene rings is 3. The fourth-order valence-corrected chi connectivity index (χ4v) is 4.09. The predicted molar refractivity (Wildman–Crippen MR) is 123 cm³/mol. The summed E-state index contributed by atoms with van der Waals surface area (Å²) in [6.07, 6.45) is 1.59. The molecule has 0 aliphatic carbocycles. The molecule has 0 N–H and O–H groups in total. The molecule has 4 aromatic rings. The Morgan fingerprint density at radius 3 is 2.58 bits per heavy atom. The zero-order chi connectivity index (χ0) is 22.0. The molecule has 4 rings (SSSR count). The average molecular weight is 434 g/mol. The van der Waals surface area contributed by atoms with Crippen molar-refractivity contribution in [3.05, 3.63) is 88.7 Å². The number of thiazole rings is 1. The molecule has 3 aromatic carbocycles. The molecular weight excluding hydrogens is 413 g/mol. The molecule has 0 saturated heterocycles. The topological polar surface area (TPSA) is 54.8 Å². The van der Waals surface area contributed by atoms with Crippen molar-refractivity contribution in [1.29, 1.82) is 0 Å². The van der Waals surface area contributed by atoms with E-state index < -0.39 is 0 Å². The number of amides is 1. The lowest BCUT2D eigenvalue weighted by Gasteiger charge is -2.15. The molecule has 0 aliphatic heterocycles. The molecule has 0 atom stereocenters. The number of carbonyl (C=O) groups is 1. The summed E-state index contributed by atoms with van der Waals surface area (Å²) >= 11 is 1.21. The number of anilines is 1. The number of rotatable bonds is 5. The van der Waals surface area contributed by atoms with E-state index >= 15 is 0 Å². The highest BCUT2D eigenvalue weighted by atomic mass is 32.1. The van der Waals surface area contributed by atoms with Crippen molar-refractivity contribution < 1.29 is 13.9 Å². The van der Waals surface area contributed by atoms with E-state index in [1.807, 2.05) is 50.2 Å². The van der Waals surface area contributed by atoms with Crippen LogP contribution in [-0.2, 0) is 0 Å². The summed E-state index contributed by atoms with van der Waals surface area (Å²) in [6, 6.07) is 17.3. The third-order valence-corrected chi connectivity index (χ3v) is 5.76. The quantitative estimate of drug-likeness (QED) is 0.298. The molecule has 156 valence electrons. The summed E-state index contributed by atoms with van der Waals surface area (Å²) in [4.78, 5) is 17.9. The van der Waals surface area contributed by atoms with Gasteiger partial charge in [0.2, 0.25) is 5.13 Å². The molecule has 0 unspecified atom stereocenters. The van der Waals surface area contributed by atoms with Gasteiger partial charge in [0.05, 0.1) is 23.5 Å².